The SMILES string of the molecule is Cc1ccccc1S(Cl)(Cl)(Cl)(Cl)Cl. The maximum Gasteiger partial charge on any atom is 0.0442 e. The van der Waals surface area contributed by atoms with Crippen molar-refractivity contribution in [2.24, 2.45) is 0 Å². The van der Waals surface area contributed by atoms with Gasteiger partial charge in [0.25, 0.3) is 0 Å². The molecule has 0 aliphatic heterocycles. The van der Waals surface area contributed by atoms with Gasteiger partial charge in [0.1, 0.15) is 0 Å². The molecule has 0 unspecified atom stereocenters. The van der Waals surface area contributed by atoms with Gasteiger partial charge in [-0.2, -0.15) is 0 Å². The molecule has 0 spiro atoms. The zero-order valence-electron chi connectivity index (χ0n) is 6.61. The molecular formula is C7H7Cl5S. The Kier molecular flexibility index (Phi) is 2.58. The van der Waals surface area contributed by atoms with E-state index in [9.17, 15) is 0 Å². The van der Waals surface area contributed by atoms with Crippen molar-refractivity contribution in [1.29, 1.82) is 0 Å². The standard InChI is InChI=1S/C7H7Cl5S/c1-6-4-2-3-5-7(6)13(8,9,10,11)12/h2-5H,1H3. The van der Waals surface area contributed by atoms with Crippen LogP contribution in [0.25, 0.3) is 0 Å². The van der Waals surface area contributed by atoms with Crippen molar-refractivity contribution >= 4 is 57.8 Å². The van der Waals surface area contributed by atoms with Gasteiger partial charge in [-0.1, -0.05) is 18.2 Å². The maximum absolute atomic E-state index is 5.85. The van der Waals surface area contributed by atoms with Crippen molar-refractivity contribution in [2.45, 2.75) is 11.8 Å². The quantitative estimate of drug-likeness (QED) is 0.597. The molecule has 0 saturated heterocycles. The molecule has 0 aliphatic rings. The number of benzene rings is 1. The summed E-state index contributed by atoms with van der Waals surface area (Å²) in [7, 11) is 29.3. The molecule has 13 heavy (non-hydrogen) atoms. The van der Waals surface area contributed by atoms with E-state index in [0.717, 1.165) is 5.56 Å². The van der Waals surface area contributed by atoms with Crippen LogP contribution in [0.1, 0.15) is 5.56 Å². The predicted molar refractivity (Wildman–Crippen MR) is 66.3 cm³/mol. The highest BCUT2D eigenvalue weighted by atomic mass is 36.6. The Morgan fingerprint density at radius 1 is 0.923 bits per heavy atom. The summed E-state index contributed by atoms with van der Waals surface area (Å²) in [6.07, 6.45) is 0. The fourth-order valence-corrected chi connectivity index (χ4v) is 4.60. The van der Waals surface area contributed by atoms with Gasteiger partial charge in [-0.15, -0.1) is 0 Å². The molecule has 0 N–H and O–H groups in total. The summed E-state index contributed by atoms with van der Waals surface area (Å²) in [5.74, 6) is 0. The largest absolute Gasteiger partial charge is 0.0619 e. The van der Waals surface area contributed by atoms with E-state index in [0.29, 0.717) is 4.90 Å². The van der Waals surface area contributed by atoms with Crippen LogP contribution in [-0.2, 0) is 0 Å². The molecule has 0 atom stereocenters. The fraction of sp³-hybridized carbons (Fsp3) is 0.143. The second kappa shape index (κ2) is 2.78. The van der Waals surface area contributed by atoms with Crippen LogP contribution in [0.15, 0.2) is 29.2 Å². The van der Waals surface area contributed by atoms with Crippen LogP contribution >= 0.6 is 57.8 Å². The van der Waals surface area contributed by atoms with Gasteiger partial charge in [0.15, 0.2) is 0 Å². The van der Waals surface area contributed by atoms with E-state index in [1.807, 2.05) is 6.07 Å². The summed E-state index contributed by atoms with van der Waals surface area (Å²) < 4.78 is -4.62. The van der Waals surface area contributed by atoms with Gasteiger partial charge in [-0.3, -0.25) is 0 Å². The van der Waals surface area contributed by atoms with Crippen LogP contribution < -0.4 is 0 Å². The first-order valence-electron chi connectivity index (χ1n) is 3.30. The van der Waals surface area contributed by atoms with Crippen molar-refractivity contribution < 1.29 is 0 Å². The fourth-order valence-electron chi connectivity index (χ4n) is 0.989. The third-order valence-electron chi connectivity index (χ3n) is 1.51. The average molecular weight is 300 g/mol. The van der Waals surface area contributed by atoms with Gasteiger partial charge in [0.05, 0.1) is 0 Å². The Hall–Kier alpha value is 1.02. The first kappa shape index (κ1) is 12.1. The Balaban J connectivity index is 3.50. The van der Waals surface area contributed by atoms with Crippen LogP contribution in [-0.4, -0.2) is 0 Å². The molecule has 0 bridgehead atoms. The highest BCUT2D eigenvalue weighted by molar-refractivity contribution is 9.23. The highest BCUT2D eigenvalue weighted by Crippen LogP contribution is 3.12. The maximum atomic E-state index is 5.85. The third-order valence-corrected chi connectivity index (χ3v) is 5.29. The molecule has 1 aromatic carbocycles. The molecule has 0 heterocycles. The van der Waals surface area contributed by atoms with E-state index in [4.69, 9.17) is 53.4 Å². The van der Waals surface area contributed by atoms with Crippen LogP contribution in [0.5, 0.6) is 0 Å². The lowest BCUT2D eigenvalue weighted by molar-refractivity contribution is 1.30. The van der Waals surface area contributed by atoms with Crippen LogP contribution in [0, 0.1) is 6.92 Å². The minimum atomic E-state index is -4.62. The van der Waals surface area contributed by atoms with Crippen molar-refractivity contribution in [3.63, 3.8) is 0 Å². The summed E-state index contributed by atoms with van der Waals surface area (Å²) in [6.45, 7) is 1.78. The van der Waals surface area contributed by atoms with Crippen LogP contribution in [0.2, 0.25) is 0 Å². The molecule has 76 valence electrons. The molecule has 0 aromatic heterocycles. The number of rotatable bonds is 1. The second-order valence-corrected chi connectivity index (χ2v) is 21.4. The summed E-state index contributed by atoms with van der Waals surface area (Å²) in [4.78, 5) is 0.357. The molecule has 0 nitrogen and oxygen atoms in total. The molecule has 0 fully saturated rings. The molecule has 0 saturated carbocycles. The van der Waals surface area contributed by atoms with Gasteiger partial charge in [-0.05, 0) is 72.0 Å². The molecule has 1 rings (SSSR count). The van der Waals surface area contributed by atoms with Gasteiger partial charge in [0.2, 0.25) is 0 Å². The second-order valence-electron chi connectivity index (χ2n) is 2.73. The van der Waals surface area contributed by atoms with Crippen molar-refractivity contribution in [3.05, 3.63) is 29.8 Å². The van der Waals surface area contributed by atoms with Gasteiger partial charge < -0.3 is 0 Å². The Morgan fingerprint density at radius 3 is 1.69 bits per heavy atom. The van der Waals surface area contributed by atoms with Crippen LogP contribution in [0.3, 0.4) is 0 Å². The first-order valence-corrected chi connectivity index (χ1v) is 9.88. The molecular weight excluding hydrogens is 293 g/mol. The van der Waals surface area contributed by atoms with Gasteiger partial charge in [-0.25, -0.2) is 0 Å². The summed E-state index contributed by atoms with van der Waals surface area (Å²) in [6, 6.07) is 6.94. The third kappa shape index (κ3) is 3.26. The Morgan fingerprint density at radius 2 is 1.38 bits per heavy atom. The monoisotopic (exact) mass is 298 g/mol. The molecule has 0 amide bonds. The summed E-state index contributed by atoms with van der Waals surface area (Å²) in [5, 5.41) is 0. The van der Waals surface area contributed by atoms with Gasteiger partial charge >= 0.3 is 0 Å². The molecule has 1 aromatic rings. The number of hydrogen-bond donors (Lipinski definition) is 0. The van der Waals surface area contributed by atoms with E-state index in [-0.39, 0.29) is 0 Å². The van der Waals surface area contributed by atoms with E-state index in [2.05, 4.69) is 0 Å². The van der Waals surface area contributed by atoms with E-state index < -0.39 is 4.36 Å². The summed E-state index contributed by atoms with van der Waals surface area (Å²) >= 11 is 0. The molecule has 0 radical (unpaired) electrons. The smallest absolute Gasteiger partial charge is 0.0442 e. The Labute approximate surface area is 98.8 Å². The zero-order chi connectivity index (χ0) is 10.4. The van der Waals surface area contributed by atoms with E-state index >= 15 is 0 Å². The minimum absolute atomic E-state index is 0.357. The number of halogens is 5. The van der Waals surface area contributed by atoms with E-state index in [1.165, 1.54) is 0 Å². The van der Waals surface area contributed by atoms with Crippen molar-refractivity contribution in [1.82, 2.24) is 0 Å². The number of aryl methyl sites for hydroxylation is 1. The van der Waals surface area contributed by atoms with Crippen molar-refractivity contribution in [3.8, 4) is 0 Å². The topological polar surface area (TPSA) is 0 Å². The lowest BCUT2D eigenvalue weighted by Crippen LogP contribution is -2.00. The lowest BCUT2D eigenvalue weighted by atomic mass is 10.2. The number of hydrogen-bond acceptors (Lipinski definition) is 0. The molecule has 0 aliphatic carbocycles. The highest BCUT2D eigenvalue weighted by Gasteiger charge is 2.54. The Bertz CT molecular complexity index is 338. The van der Waals surface area contributed by atoms with Crippen LogP contribution in [0.4, 0.5) is 0 Å². The predicted octanol–water partition coefficient (Wildman–Crippen LogP) is 6.00. The van der Waals surface area contributed by atoms with Crippen molar-refractivity contribution in [2.75, 3.05) is 0 Å². The van der Waals surface area contributed by atoms with Gasteiger partial charge in [0, 0.05) is 9.26 Å². The molecule has 6 heteroatoms. The zero-order valence-corrected chi connectivity index (χ0v) is 11.2. The normalized spacial score (nSPS) is 17.7. The minimum Gasteiger partial charge on any atom is -0.0619 e. The van der Waals surface area contributed by atoms with E-state index in [1.54, 1.807) is 25.1 Å². The average Bonchev–Trinajstić information content (AvgIpc) is 1.82. The summed E-state index contributed by atoms with van der Waals surface area (Å²) in [5.41, 5.74) is 0.758. The first-order chi connectivity index (χ1) is 5.50. The lowest BCUT2D eigenvalue weighted by Gasteiger charge is -2.51.